The molecular formula is C11H8N2O3S2. The molecule has 1 aliphatic heterocycles. The summed E-state index contributed by atoms with van der Waals surface area (Å²) in [6.07, 6.45) is 1.47. The number of benzene rings is 1. The molecule has 2 rings (SSSR count). The van der Waals surface area contributed by atoms with Crippen LogP contribution in [0.4, 0.5) is 0 Å². The van der Waals surface area contributed by atoms with Gasteiger partial charge in [-0.25, -0.2) is 4.79 Å². The number of carbonyl (C=O) groups is 2. The molecule has 0 aliphatic carbocycles. The molecule has 1 saturated heterocycles. The molecule has 1 heterocycles. The van der Waals surface area contributed by atoms with Crippen LogP contribution in [0.5, 0.6) is 0 Å². The number of nitrogens with zero attached hydrogens (tertiary/aromatic N) is 2. The molecule has 0 saturated carbocycles. The quantitative estimate of drug-likeness (QED) is 0.672. The lowest BCUT2D eigenvalue weighted by atomic mass is 10.1. The summed E-state index contributed by atoms with van der Waals surface area (Å²) in [6, 6.07) is 6.18. The minimum Gasteiger partial charge on any atom is -0.478 e. The Morgan fingerprint density at radius 1 is 1.44 bits per heavy atom. The van der Waals surface area contributed by atoms with Crippen LogP contribution in [0.25, 0.3) is 0 Å². The molecule has 1 N–H and O–H groups in total. The van der Waals surface area contributed by atoms with E-state index in [0.29, 0.717) is 15.6 Å². The van der Waals surface area contributed by atoms with Crippen LogP contribution < -0.4 is 0 Å². The van der Waals surface area contributed by atoms with E-state index in [0.717, 1.165) is 0 Å². The monoisotopic (exact) mass is 280 g/mol. The first-order chi connectivity index (χ1) is 8.58. The van der Waals surface area contributed by atoms with Crippen LogP contribution in [-0.2, 0) is 4.79 Å². The molecule has 0 unspecified atom stereocenters. The molecule has 92 valence electrons. The molecule has 1 fully saturated rings. The van der Waals surface area contributed by atoms with Crippen molar-refractivity contribution in [3.8, 4) is 0 Å². The van der Waals surface area contributed by atoms with Crippen LogP contribution in [0.3, 0.4) is 0 Å². The van der Waals surface area contributed by atoms with E-state index in [-0.39, 0.29) is 11.5 Å². The molecule has 1 aliphatic rings. The molecule has 1 aromatic rings. The van der Waals surface area contributed by atoms with Gasteiger partial charge < -0.3 is 5.11 Å². The van der Waals surface area contributed by atoms with E-state index < -0.39 is 5.97 Å². The van der Waals surface area contributed by atoms with Crippen molar-refractivity contribution >= 4 is 46.4 Å². The molecule has 0 bridgehead atoms. The lowest BCUT2D eigenvalue weighted by Crippen LogP contribution is -2.22. The van der Waals surface area contributed by atoms with E-state index >= 15 is 0 Å². The number of aromatic carboxylic acids is 1. The minimum absolute atomic E-state index is 0.150. The Bertz CT molecular complexity index is 524. The molecule has 0 radical (unpaired) electrons. The van der Waals surface area contributed by atoms with Gasteiger partial charge in [-0.2, -0.15) is 10.1 Å². The lowest BCUT2D eigenvalue weighted by Gasteiger charge is -2.06. The van der Waals surface area contributed by atoms with Gasteiger partial charge in [-0.15, -0.1) is 0 Å². The highest BCUT2D eigenvalue weighted by Gasteiger charge is 2.25. The predicted octanol–water partition coefficient (Wildman–Crippen LogP) is 1.58. The Labute approximate surface area is 112 Å². The molecule has 0 atom stereocenters. The Hall–Kier alpha value is -1.73. The van der Waals surface area contributed by atoms with Crippen molar-refractivity contribution in [2.75, 3.05) is 5.75 Å². The molecule has 5 nitrogen and oxygen atoms in total. The highest BCUT2D eigenvalue weighted by molar-refractivity contribution is 8.23. The Morgan fingerprint density at radius 2 is 2.11 bits per heavy atom. The zero-order valence-corrected chi connectivity index (χ0v) is 10.7. The van der Waals surface area contributed by atoms with Crippen molar-refractivity contribution in [1.29, 1.82) is 0 Å². The SMILES string of the molecule is O=C(O)c1ccc(C=NN2C(=O)CSC2=S)cc1. The van der Waals surface area contributed by atoms with Gasteiger partial charge in [0.25, 0.3) is 5.91 Å². The fourth-order valence-electron chi connectivity index (χ4n) is 1.30. The summed E-state index contributed by atoms with van der Waals surface area (Å²) in [5, 5.41) is 13.9. The first-order valence-corrected chi connectivity index (χ1v) is 6.34. The smallest absolute Gasteiger partial charge is 0.335 e. The number of hydrogen-bond donors (Lipinski definition) is 1. The van der Waals surface area contributed by atoms with Crippen LogP contribution in [0, 0.1) is 0 Å². The summed E-state index contributed by atoms with van der Waals surface area (Å²) >= 11 is 6.24. The highest BCUT2D eigenvalue weighted by Crippen LogP contribution is 2.19. The molecule has 0 aromatic heterocycles. The summed E-state index contributed by atoms with van der Waals surface area (Å²) < 4.78 is 0.429. The highest BCUT2D eigenvalue weighted by atomic mass is 32.2. The van der Waals surface area contributed by atoms with E-state index in [1.165, 1.54) is 35.1 Å². The number of thioether (sulfide) groups is 1. The molecule has 1 aromatic carbocycles. The average Bonchev–Trinajstić information content (AvgIpc) is 2.67. The molecule has 7 heteroatoms. The molecule has 18 heavy (non-hydrogen) atoms. The van der Waals surface area contributed by atoms with Gasteiger partial charge in [-0.05, 0) is 17.7 Å². The second kappa shape index (κ2) is 5.28. The summed E-state index contributed by atoms with van der Waals surface area (Å²) in [5.74, 6) is -0.817. The number of carboxylic acids is 1. The van der Waals surface area contributed by atoms with E-state index in [4.69, 9.17) is 17.3 Å². The number of amides is 1. The third-order valence-electron chi connectivity index (χ3n) is 2.21. The van der Waals surface area contributed by atoms with Crippen molar-refractivity contribution in [2.24, 2.45) is 5.10 Å². The number of thiocarbonyl (C=S) groups is 1. The fourth-order valence-corrected chi connectivity index (χ4v) is 2.26. The van der Waals surface area contributed by atoms with Gasteiger partial charge in [0, 0.05) is 0 Å². The second-order valence-corrected chi connectivity index (χ2v) is 5.04. The van der Waals surface area contributed by atoms with Gasteiger partial charge in [-0.1, -0.05) is 36.1 Å². The zero-order chi connectivity index (χ0) is 13.1. The number of hydrazone groups is 1. The largest absolute Gasteiger partial charge is 0.478 e. The van der Waals surface area contributed by atoms with Crippen molar-refractivity contribution in [2.45, 2.75) is 0 Å². The number of hydrogen-bond acceptors (Lipinski definition) is 5. The second-order valence-electron chi connectivity index (χ2n) is 3.43. The van der Waals surface area contributed by atoms with E-state index in [1.54, 1.807) is 12.1 Å². The lowest BCUT2D eigenvalue weighted by molar-refractivity contribution is -0.123. The third kappa shape index (κ3) is 2.74. The van der Waals surface area contributed by atoms with Crippen LogP contribution in [-0.4, -0.2) is 38.3 Å². The fraction of sp³-hybridized carbons (Fsp3) is 0.0909. The van der Waals surface area contributed by atoms with Crippen molar-refractivity contribution in [3.05, 3.63) is 35.4 Å². The molecule has 1 amide bonds. The molecular weight excluding hydrogens is 272 g/mol. The van der Waals surface area contributed by atoms with E-state index in [2.05, 4.69) is 5.10 Å². The topological polar surface area (TPSA) is 70.0 Å². The normalized spacial score (nSPS) is 15.7. The summed E-state index contributed by atoms with van der Waals surface area (Å²) in [7, 11) is 0. The maximum Gasteiger partial charge on any atom is 0.335 e. The summed E-state index contributed by atoms with van der Waals surface area (Å²) in [6.45, 7) is 0. The molecule has 0 spiro atoms. The predicted molar refractivity (Wildman–Crippen MR) is 72.9 cm³/mol. The Morgan fingerprint density at radius 3 is 2.61 bits per heavy atom. The zero-order valence-electron chi connectivity index (χ0n) is 9.07. The van der Waals surface area contributed by atoms with Gasteiger partial charge in [0.15, 0.2) is 4.32 Å². The van der Waals surface area contributed by atoms with Crippen LogP contribution in [0.2, 0.25) is 0 Å². The van der Waals surface area contributed by atoms with Gasteiger partial charge in [0.05, 0.1) is 17.5 Å². The first kappa shape index (κ1) is 12.7. The summed E-state index contributed by atoms with van der Waals surface area (Å²) in [4.78, 5) is 22.0. The number of carbonyl (C=O) groups excluding carboxylic acids is 1. The Balaban J connectivity index is 2.11. The van der Waals surface area contributed by atoms with Crippen molar-refractivity contribution < 1.29 is 14.7 Å². The van der Waals surface area contributed by atoms with Crippen molar-refractivity contribution in [3.63, 3.8) is 0 Å². The number of carboxylic acid groups (broad SMARTS) is 1. The third-order valence-corrected chi connectivity index (χ3v) is 3.55. The van der Waals surface area contributed by atoms with E-state index in [9.17, 15) is 9.59 Å². The van der Waals surface area contributed by atoms with Gasteiger partial charge >= 0.3 is 5.97 Å². The van der Waals surface area contributed by atoms with Gasteiger partial charge in [0.1, 0.15) is 0 Å². The van der Waals surface area contributed by atoms with Gasteiger partial charge in [0.2, 0.25) is 0 Å². The minimum atomic E-state index is -0.981. The van der Waals surface area contributed by atoms with E-state index in [1.807, 2.05) is 0 Å². The maximum atomic E-state index is 11.4. The first-order valence-electron chi connectivity index (χ1n) is 4.95. The standard InChI is InChI=1S/C11H8N2O3S2/c14-9-6-18-11(17)13(9)12-5-7-1-3-8(4-2-7)10(15)16/h1-5H,6H2,(H,15,16). The maximum absolute atomic E-state index is 11.4. The van der Waals surface area contributed by atoms with Crippen LogP contribution >= 0.6 is 24.0 Å². The summed E-state index contributed by atoms with van der Waals surface area (Å²) in [5.41, 5.74) is 0.906. The number of rotatable bonds is 3. The van der Waals surface area contributed by atoms with Gasteiger partial charge in [-0.3, -0.25) is 4.79 Å². The van der Waals surface area contributed by atoms with Crippen molar-refractivity contribution in [1.82, 2.24) is 5.01 Å². The van der Waals surface area contributed by atoms with Crippen LogP contribution in [0.15, 0.2) is 29.4 Å². The average molecular weight is 280 g/mol. The Kier molecular flexibility index (Phi) is 3.73. The van der Waals surface area contributed by atoms with Crippen LogP contribution in [0.1, 0.15) is 15.9 Å².